The maximum Gasteiger partial charge on any atom is 0.262 e. The zero-order chi connectivity index (χ0) is 16.8. The Hall–Kier alpha value is -2.18. The zero-order valence-corrected chi connectivity index (χ0v) is 13.9. The van der Waals surface area contributed by atoms with Crippen LogP contribution in [0.15, 0.2) is 54.6 Å². The van der Waals surface area contributed by atoms with Gasteiger partial charge in [0.15, 0.2) is 0 Å². The first-order chi connectivity index (χ1) is 11.0. The van der Waals surface area contributed by atoms with E-state index in [9.17, 15) is 13.6 Å². The number of amides is 1. The minimum Gasteiger partial charge on any atom is -0.348 e. The van der Waals surface area contributed by atoms with Crippen LogP contribution in [0.2, 0.25) is 0 Å². The Kier molecular flexibility index (Phi) is 5.90. The minimum absolute atomic E-state index is 0.171. The lowest BCUT2D eigenvalue weighted by atomic mass is 10.1. The molecule has 0 aromatic heterocycles. The van der Waals surface area contributed by atoms with Crippen LogP contribution in [-0.4, -0.2) is 21.2 Å². The predicted molar refractivity (Wildman–Crippen MR) is 92.3 cm³/mol. The highest BCUT2D eigenvalue weighted by Crippen LogP contribution is 2.17. The summed E-state index contributed by atoms with van der Waals surface area (Å²) in [5.41, 5.74) is 2.55. The number of carbonyl (C=O) groups excluding carboxylic acids is 1. The summed E-state index contributed by atoms with van der Waals surface area (Å²) in [6.45, 7) is 3.61. The van der Waals surface area contributed by atoms with E-state index in [1.807, 2.05) is 56.3 Å². The average molecular weight is 332 g/mol. The summed E-state index contributed by atoms with van der Waals surface area (Å²) < 4.78 is 22.1. The standard InChI is InChI=1S/C17H20N2O3S/c1-13-8-10-16(11-9-13)19(23(21)22)12-17(20)18-14(2)15-6-4-3-5-7-15/h3-11,14H,12H2,1-2H3,(H,18,20)(H,21,22). The van der Waals surface area contributed by atoms with Gasteiger partial charge >= 0.3 is 0 Å². The van der Waals surface area contributed by atoms with E-state index >= 15 is 0 Å². The van der Waals surface area contributed by atoms with Gasteiger partial charge in [0.25, 0.3) is 11.3 Å². The lowest BCUT2D eigenvalue weighted by molar-refractivity contribution is -0.120. The molecule has 0 bridgehead atoms. The Morgan fingerprint density at radius 3 is 2.35 bits per heavy atom. The van der Waals surface area contributed by atoms with Gasteiger partial charge in [-0.05, 0) is 31.5 Å². The first-order valence-corrected chi connectivity index (χ1v) is 8.33. The second kappa shape index (κ2) is 7.89. The number of carbonyl (C=O) groups is 1. The van der Waals surface area contributed by atoms with Crippen molar-refractivity contribution in [3.63, 3.8) is 0 Å². The van der Waals surface area contributed by atoms with Crippen molar-refractivity contribution in [1.29, 1.82) is 0 Å². The largest absolute Gasteiger partial charge is 0.348 e. The van der Waals surface area contributed by atoms with Crippen LogP contribution in [0.4, 0.5) is 5.69 Å². The Morgan fingerprint density at radius 1 is 1.17 bits per heavy atom. The molecule has 5 nitrogen and oxygen atoms in total. The summed E-state index contributed by atoms with van der Waals surface area (Å²) in [6.07, 6.45) is 0. The van der Waals surface area contributed by atoms with Crippen LogP contribution in [0.25, 0.3) is 0 Å². The zero-order valence-electron chi connectivity index (χ0n) is 13.1. The molecule has 2 rings (SSSR count). The molecular formula is C17H20N2O3S. The molecule has 0 saturated carbocycles. The van der Waals surface area contributed by atoms with Crippen LogP contribution in [0.5, 0.6) is 0 Å². The Morgan fingerprint density at radius 2 is 1.78 bits per heavy atom. The molecule has 0 aliphatic heterocycles. The fourth-order valence-electron chi connectivity index (χ4n) is 2.19. The summed E-state index contributed by atoms with van der Waals surface area (Å²) in [6, 6.07) is 16.5. The number of aryl methyl sites for hydroxylation is 1. The van der Waals surface area contributed by atoms with Crippen molar-refractivity contribution in [2.45, 2.75) is 19.9 Å². The lowest BCUT2D eigenvalue weighted by Gasteiger charge is -2.21. The molecule has 122 valence electrons. The Labute approximate surface area is 138 Å². The van der Waals surface area contributed by atoms with E-state index in [0.717, 1.165) is 15.4 Å². The van der Waals surface area contributed by atoms with Crippen LogP contribution in [-0.2, 0) is 16.1 Å². The van der Waals surface area contributed by atoms with E-state index in [4.69, 9.17) is 0 Å². The molecule has 0 aliphatic carbocycles. The molecule has 1 amide bonds. The van der Waals surface area contributed by atoms with E-state index in [2.05, 4.69) is 5.32 Å². The number of nitrogens with zero attached hydrogens (tertiary/aromatic N) is 1. The quantitative estimate of drug-likeness (QED) is 0.799. The van der Waals surface area contributed by atoms with Crippen molar-refractivity contribution in [2.75, 3.05) is 10.8 Å². The molecule has 0 radical (unpaired) electrons. The van der Waals surface area contributed by atoms with Crippen molar-refractivity contribution in [2.24, 2.45) is 0 Å². The minimum atomic E-state index is -2.27. The SMILES string of the molecule is Cc1ccc(N(CC(=O)NC(C)c2ccccc2)S(=O)O)cc1. The molecular weight excluding hydrogens is 312 g/mol. The Balaban J connectivity index is 2.04. The van der Waals surface area contributed by atoms with Crippen LogP contribution >= 0.6 is 0 Å². The normalized spacial score (nSPS) is 13.2. The molecule has 0 saturated heterocycles. The van der Waals surface area contributed by atoms with Crippen molar-refractivity contribution in [1.82, 2.24) is 5.32 Å². The average Bonchev–Trinajstić information content (AvgIpc) is 2.54. The third-order valence-electron chi connectivity index (χ3n) is 3.47. The van der Waals surface area contributed by atoms with Gasteiger partial charge < -0.3 is 5.32 Å². The molecule has 2 unspecified atom stereocenters. The number of hydrogen-bond donors (Lipinski definition) is 2. The maximum absolute atomic E-state index is 12.2. The van der Waals surface area contributed by atoms with Gasteiger partial charge in [-0.15, -0.1) is 0 Å². The number of hydrogen-bond acceptors (Lipinski definition) is 2. The molecule has 0 fully saturated rings. The maximum atomic E-state index is 12.2. The number of rotatable bonds is 6. The summed E-state index contributed by atoms with van der Waals surface area (Å²) in [7, 11) is 0. The van der Waals surface area contributed by atoms with Gasteiger partial charge in [-0.1, -0.05) is 48.0 Å². The lowest BCUT2D eigenvalue weighted by Crippen LogP contribution is -2.39. The summed E-state index contributed by atoms with van der Waals surface area (Å²) in [5.74, 6) is -0.315. The molecule has 0 spiro atoms. The van der Waals surface area contributed by atoms with Gasteiger partial charge in [0.2, 0.25) is 5.91 Å². The topological polar surface area (TPSA) is 69.6 Å². The van der Waals surface area contributed by atoms with Crippen LogP contribution in [0.1, 0.15) is 24.1 Å². The van der Waals surface area contributed by atoms with Crippen LogP contribution in [0, 0.1) is 6.92 Å². The first kappa shape index (κ1) is 17.2. The highest BCUT2D eigenvalue weighted by Gasteiger charge is 2.18. The monoisotopic (exact) mass is 332 g/mol. The van der Waals surface area contributed by atoms with Crippen LogP contribution < -0.4 is 9.62 Å². The Bertz CT molecular complexity index is 674. The van der Waals surface area contributed by atoms with E-state index < -0.39 is 11.3 Å². The van der Waals surface area contributed by atoms with E-state index in [1.54, 1.807) is 12.1 Å². The van der Waals surface area contributed by atoms with Gasteiger partial charge in [0, 0.05) is 0 Å². The second-order valence-corrected chi connectivity index (χ2v) is 6.20. The second-order valence-electron chi connectivity index (χ2n) is 5.30. The van der Waals surface area contributed by atoms with Crippen molar-refractivity contribution < 1.29 is 13.6 Å². The molecule has 23 heavy (non-hydrogen) atoms. The third kappa shape index (κ3) is 4.91. The number of anilines is 1. The first-order valence-electron chi connectivity index (χ1n) is 7.27. The van der Waals surface area contributed by atoms with Crippen molar-refractivity contribution in [3.05, 3.63) is 65.7 Å². The summed E-state index contributed by atoms with van der Waals surface area (Å²) in [4.78, 5) is 12.2. The molecule has 2 aromatic carbocycles. The molecule has 2 N–H and O–H groups in total. The summed E-state index contributed by atoms with van der Waals surface area (Å²) in [5, 5.41) is 2.84. The molecule has 6 heteroatoms. The number of benzene rings is 2. The number of nitrogens with one attached hydrogen (secondary N) is 1. The molecule has 2 aromatic rings. The fraction of sp³-hybridized carbons (Fsp3) is 0.235. The van der Waals surface area contributed by atoms with E-state index in [1.165, 1.54) is 0 Å². The van der Waals surface area contributed by atoms with Crippen molar-refractivity contribution in [3.8, 4) is 0 Å². The van der Waals surface area contributed by atoms with Gasteiger partial charge in [-0.2, -0.15) is 0 Å². The van der Waals surface area contributed by atoms with Crippen LogP contribution in [0.3, 0.4) is 0 Å². The smallest absolute Gasteiger partial charge is 0.262 e. The third-order valence-corrected chi connectivity index (χ3v) is 4.19. The van der Waals surface area contributed by atoms with Gasteiger partial charge in [0.05, 0.1) is 11.7 Å². The van der Waals surface area contributed by atoms with E-state index in [0.29, 0.717) is 5.69 Å². The van der Waals surface area contributed by atoms with Crippen molar-refractivity contribution >= 4 is 22.9 Å². The highest BCUT2D eigenvalue weighted by atomic mass is 32.2. The molecule has 0 heterocycles. The van der Waals surface area contributed by atoms with Gasteiger partial charge in [-0.3, -0.25) is 13.7 Å². The fourth-order valence-corrected chi connectivity index (χ4v) is 2.72. The van der Waals surface area contributed by atoms with E-state index in [-0.39, 0.29) is 18.5 Å². The van der Waals surface area contributed by atoms with Gasteiger partial charge in [-0.25, -0.2) is 4.21 Å². The summed E-state index contributed by atoms with van der Waals surface area (Å²) >= 11 is -2.27. The van der Waals surface area contributed by atoms with Gasteiger partial charge in [0.1, 0.15) is 6.54 Å². The highest BCUT2D eigenvalue weighted by molar-refractivity contribution is 7.80. The predicted octanol–water partition coefficient (Wildman–Crippen LogP) is 2.82. The molecule has 0 aliphatic rings. The molecule has 2 atom stereocenters.